The first-order chi connectivity index (χ1) is 7.65. The Balaban J connectivity index is 2.02. The molecule has 1 aliphatic carbocycles. The molecule has 0 saturated heterocycles. The van der Waals surface area contributed by atoms with E-state index >= 15 is 0 Å². The predicted molar refractivity (Wildman–Crippen MR) is 62.8 cm³/mol. The fourth-order valence-corrected chi connectivity index (χ4v) is 2.65. The average Bonchev–Trinajstić information content (AvgIpc) is 2.22. The van der Waals surface area contributed by atoms with E-state index in [1.54, 1.807) is 6.07 Å². The van der Waals surface area contributed by atoms with Gasteiger partial charge in [0.1, 0.15) is 5.82 Å². The molecule has 2 unspecified atom stereocenters. The molecule has 0 aliphatic heterocycles. The number of aryl methyl sites for hydroxylation is 1. The highest BCUT2D eigenvalue weighted by Gasteiger charge is 2.20. The lowest BCUT2D eigenvalue weighted by molar-refractivity contribution is 0.101. The smallest absolute Gasteiger partial charge is 0.123 e. The molecule has 0 amide bonds. The molecule has 1 aliphatic rings. The number of hydrogen-bond donors (Lipinski definition) is 1. The molecule has 0 bridgehead atoms. The second-order valence-electron chi connectivity index (χ2n) is 4.96. The Hall–Kier alpha value is -0.890. The van der Waals surface area contributed by atoms with Gasteiger partial charge in [-0.25, -0.2) is 4.39 Å². The first-order valence-electron chi connectivity index (χ1n) is 6.08. The summed E-state index contributed by atoms with van der Waals surface area (Å²) in [5, 5.41) is 9.61. The first-order valence-corrected chi connectivity index (χ1v) is 6.08. The number of benzene rings is 1. The highest BCUT2D eigenvalue weighted by atomic mass is 19.1. The van der Waals surface area contributed by atoms with E-state index in [0.717, 1.165) is 31.2 Å². The van der Waals surface area contributed by atoms with Crippen LogP contribution in [0.25, 0.3) is 0 Å². The van der Waals surface area contributed by atoms with Crippen molar-refractivity contribution in [1.29, 1.82) is 0 Å². The fourth-order valence-electron chi connectivity index (χ4n) is 2.65. The molecule has 0 spiro atoms. The van der Waals surface area contributed by atoms with Crippen molar-refractivity contribution in [2.45, 2.75) is 45.1 Å². The van der Waals surface area contributed by atoms with E-state index in [1.807, 2.05) is 13.0 Å². The zero-order valence-electron chi connectivity index (χ0n) is 9.75. The maximum absolute atomic E-state index is 12.9. The summed E-state index contributed by atoms with van der Waals surface area (Å²) in [5.74, 6) is 0.401. The molecule has 1 fully saturated rings. The van der Waals surface area contributed by atoms with Crippen molar-refractivity contribution in [3.8, 4) is 0 Å². The van der Waals surface area contributed by atoms with Crippen LogP contribution in [0.1, 0.15) is 36.8 Å². The fraction of sp³-hybridized carbons (Fsp3) is 0.571. The van der Waals surface area contributed by atoms with Crippen molar-refractivity contribution in [2.24, 2.45) is 5.92 Å². The minimum Gasteiger partial charge on any atom is -0.393 e. The minimum atomic E-state index is -0.162. The van der Waals surface area contributed by atoms with Gasteiger partial charge < -0.3 is 5.11 Å². The number of halogens is 1. The van der Waals surface area contributed by atoms with Crippen LogP contribution < -0.4 is 0 Å². The van der Waals surface area contributed by atoms with Crippen LogP contribution >= 0.6 is 0 Å². The molecule has 1 nitrogen and oxygen atoms in total. The second kappa shape index (κ2) is 4.96. The summed E-state index contributed by atoms with van der Waals surface area (Å²) in [7, 11) is 0. The topological polar surface area (TPSA) is 20.2 Å². The molecule has 16 heavy (non-hydrogen) atoms. The maximum atomic E-state index is 12.9. The van der Waals surface area contributed by atoms with Crippen molar-refractivity contribution >= 4 is 0 Å². The lowest BCUT2D eigenvalue weighted by atomic mass is 9.82. The van der Waals surface area contributed by atoms with Crippen LogP contribution in [0.15, 0.2) is 18.2 Å². The molecule has 2 atom stereocenters. The molecule has 1 saturated carbocycles. The summed E-state index contributed by atoms with van der Waals surface area (Å²) in [5.41, 5.74) is 2.25. The third kappa shape index (κ3) is 2.82. The van der Waals surface area contributed by atoms with Crippen LogP contribution in [0.5, 0.6) is 0 Å². The summed E-state index contributed by atoms with van der Waals surface area (Å²) < 4.78 is 12.9. The Morgan fingerprint density at radius 2 is 2.19 bits per heavy atom. The Morgan fingerprint density at radius 1 is 1.38 bits per heavy atom. The number of aliphatic hydroxyl groups is 1. The highest BCUT2D eigenvalue weighted by molar-refractivity contribution is 5.27. The van der Waals surface area contributed by atoms with Gasteiger partial charge in [-0.3, -0.25) is 0 Å². The van der Waals surface area contributed by atoms with Gasteiger partial charge in [0, 0.05) is 0 Å². The van der Waals surface area contributed by atoms with Gasteiger partial charge in [-0.05, 0) is 61.8 Å². The molecule has 88 valence electrons. The van der Waals surface area contributed by atoms with Gasteiger partial charge in [-0.1, -0.05) is 12.5 Å². The van der Waals surface area contributed by atoms with Crippen molar-refractivity contribution < 1.29 is 9.50 Å². The Bertz CT molecular complexity index is 362. The van der Waals surface area contributed by atoms with Gasteiger partial charge in [-0.2, -0.15) is 0 Å². The quantitative estimate of drug-likeness (QED) is 0.814. The predicted octanol–water partition coefficient (Wildman–Crippen LogP) is 3.23. The van der Waals surface area contributed by atoms with Crippen LogP contribution in [0.2, 0.25) is 0 Å². The molecule has 2 rings (SSSR count). The Morgan fingerprint density at radius 3 is 2.88 bits per heavy atom. The first kappa shape index (κ1) is 11.6. The molecule has 0 aromatic heterocycles. The summed E-state index contributed by atoms with van der Waals surface area (Å²) in [6, 6.07) is 5.00. The van der Waals surface area contributed by atoms with E-state index < -0.39 is 0 Å². The molecular weight excluding hydrogens is 203 g/mol. The minimum absolute atomic E-state index is 0.125. The van der Waals surface area contributed by atoms with Crippen LogP contribution in [0, 0.1) is 18.7 Å². The zero-order valence-corrected chi connectivity index (χ0v) is 9.75. The van der Waals surface area contributed by atoms with Crippen LogP contribution in [-0.4, -0.2) is 11.2 Å². The van der Waals surface area contributed by atoms with Gasteiger partial charge in [0.15, 0.2) is 0 Å². The zero-order chi connectivity index (χ0) is 11.5. The number of aliphatic hydroxyl groups excluding tert-OH is 1. The third-order valence-corrected chi connectivity index (χ3v) is 3.57. The molecule has 0 radical (unpaired) electrons. The van der Waals surface area contributed by atoms with E-state index in [1.165, 1.54) is 18.1 Å². The Labute approximate surface area is 96.3 Å². The summed E-state index contributed by atoms with van der Waals surface area (Å²) in [6.07, 6.45) is 5.00. The van der Waals surface area contributed by atoms with Gasteiger partial charge in [0.05, 0.1) is 6.10 Å². The van der Waals surface area contributed by atoms with Crippen molar-refractivity contribution in [3.05, 3.63) is 35.1 Å². The van der Waals surface area contributed by atoms with Crippen molar-refractivity contribution in [1.82, 2.24) is 0 Å². The van der Waals surface area contributed by atoms with Crippen LogP contribution in [0.4, 0.5) is 4.39 Å². The SMILES string of the molecule is Cc1cc(F)ccc1CC1CCCC(O)C1. The molecule has 2 heteroatoms. The Kier molecular flexibility index (Phi) is 3.59. The lowest BCUT2D eigenvalue weighted by Crippen LogP contribution is -2.21. The van der Waals surface area contributed by atoms with E-state index in [9.17, 15) is 9.50 Å². The van der Waals surface area contributed by atoms with Crippen molar-refractivity contribution in [2.75, 3.05) is 0 Å². The van der Waals surface area contributed by atoms with Gasteiger partial charge in [-0.15, -0.1) is 0 Å². The lowest BCUT2D eigenvalue weighted by Gasteiger charge is -2.26. The van der Waals surface area contributed by atoms with Gasteiger partial charge in [0.25, 0.3) is 0 Å². The monoisotopic (exact) mass is 222 g/mol. The molecule has 1 N–H and O–H groups in total. The van der Waals surface area contributed by atoms with Gasteiger partial charge >= 0.3 is 0 Å². The van der Waals surface area contributed by atoms with E-state index in [2.05, 4.69) is 0 Å². The molecular formula is C14H19FO. The number of rotatable bonds is 2. The average molecular weight is 222 g/mol. The molecule has 1 aromatic carbocycles. The number of hydrogen-bond acceptors (Lipinski definition) is 1. The standard InChI is InChI=1S/C14H19FO/c1-10-7-13(15)6-5-12(10)8-11-3-2-4-14(16)9-11/h5-7,11,14,16H,2-4,8-9H2,1H3. The maximum Gasteiger partial charge on any atom is 0.123 e. The van der Waals surface area contributed by atoms with E-state index in [4.69, 9.17) is 0 Å². The molecule has 1 aromatic rings. The third-order valence-electron chi connectivity index (χ3n) is 3.57. The highest BCUT2D eigenvalue weighted by Crippen LogP contribution is 2.28. The van der Waals surface area contributed by atoms with Crippen LogP contribution in [-0.2, 0) is 6.42 Å². The summed E-state index contributed by atoms with van der Waals surface area (Å²) >= 11 is 0. The van der Waals surface area contributed by atoms with E-state index in [-0.39, 0.29) is 11.9 Å². The van der Waals surface area contributed by atoms with Crippen molar-refractivity contribution in [3.63, 3.8) is 0 Å². The van der Waals surface area contributed by atoms with E-state index in [0.29, 0.717) is 5.92 Å². The largest absolute Gasteiger partial charge is 0.393 e. The summed E-state index contributed by atoms with van der Waals surface area (Å²) in [4.78, 5) is 0. The molecule has 0 heterocycles. The normalized spacial score (nSPS) is 25.7. The van der Waals surface area contributed by atoms with Gasteiger partial charge in [0.2, 0.25) is 0 Å². The second-order valence-corrected chi connectivity index (χ2v) is 4.96. The van der Waals surface area contributed by atoms with Crippen LogP contribution in [0.3, 0.4) is 0 Å². The summed E-state index contributed by atoms with van der Waals surface area (Å²) in [6.45, 7) is 1.96.